The van der Waals surface area contributed by atoms with Crippen molar-refractivity contribution in [3.05, 3.63) is 0 Å². The van der Waals surface area contributed by atoms with Crippen LogP contribution in [0, 0.1) is 5.92 Å². The van der Waals surface area contributed by atoms with Crippen molar-refractivity contribution in [1.29, 1.82) is 0 Å². The number of unbranched alkanes of at least 4 members (excludes halogenated alkanes) is 1. The van der Waals surface area contributed by atoms with Crippen molar-refractivity contribution < 1.29 is 9.84 Å². The largest absolute Gasteiger partial charge is 0.393 e. The van der Waals surface area contributed by atoms with Gasteiger partial charge in [-0.2, -0.15) is 0 Å². The van der Waals surface area contributed by atoms with E-state index in [-0.39, 0.29) is 6.10 Å². The summed E-state index contributed by atoms with van der Waals surface area (Å²) in [5.74, 6) is 0.666. The maximum absolute atomic E-state index is 9.53. The standard InChI is InChI=1S/C13H27NO2/c1-2-3-8-16-9-7-14-11-12-5-4-6-13(15)10-12/h12-15H,2-11H2,1H3. The third-order valence-corrected chi connectivity index (χ3v) is 3.25. The van der Waals surface area contributed by atoms with E-state index in [1.807, 2.05) is 0 Å². The average molecular weight is 229 g/mol. The lowest BCUT2D eigenvalue weighted by atomic mass is 9.87. The van der Waals surface area contributed by atoms with Crippen LogP contribution in [0.4, 0.5) is 0 Å². The molecule has 3 nitrogen and oxygen atoms in total. The van der Waals surface area contributed by atoms with Gasteiger partial charge in [0.1, 0.15) is 0 Å². The van der Waals surface area contributed by atoms with Crippen molar-refractivity contribution in [2.45, 2.75) is 51.6 Å². The Kier molecular flexibility index (Phi) is 7.81. The van der Waals surface area contributed by atoms with Gasteiger partial charge in [0.25, 0.3) is 0 Å². The van der Waals surface area contributed by atoms with E-state index in [4.69, 9.17) is 4.74 Å². The molecule has 3 heteroatoms. The summed E-state index contributed by atoms with van der Waals surface area (Å²) < 4.78 is 5.47. The quantitative estimate of drug-likeness (QED) is 0.625. The van der Waals surface area contributed by atoms with Crippen LogP contribution in [0.2, 0.25) is 0 Å². The summed E-state index contributed by atoms with van der Waals surface area (Å²) in [5.41, 5.74) is 0. The SMILES string of the molecule is CCCCOCCNCC1CCCC(O)C1. The van der Waals surface area contributed by atoms with E-state index in [9.17, 15) is 5.11 Å². The zero-order valence-electron chi connectivity index (χ0n) is 10.6. The van der Waals surface area contributed by atoms with Gasteiger partial charge in [0, 0.05) is 13.2 Å². The number of hydrogen-bond acceptors (Lipinski definition) is 3. The minimum absolute atomic E-state index is 0.0543. The summed E-state index contributed by atoms with van der Waals surface area (Å²) in [4.78, 5) is 0. The highest BCUT2D eigenvalue weighted by Crippen LogP contribution is 2.23. The van der Waals surface area contributed by atoms with Crippen molar-refractivity contribution in [2.75, 3.05) is 26.3 Å². The van der Waals surface area contributed by atoms with Gasteiger partial charge in [-0.05, 0) is 38.1 Å². The lowest BCUT2D eigenvalue weighted by Gasteiger charge is -2.25. The molecular weight excluding hydrogens is 202 g/mol. The Balaban J connectivity index is 1.86. The molecule has 1 fully saturated rings. The molecule has 2 atom stereocenters. The van der Waals surface area contributed by atoms with Crippen LogP contribution in [0.15, 0.2) is 0 Å². The molecule has 1 aliphatic rings. The van der Waals surface area contributed by atoms with Gasteiger partial charge in [-0.15, -0.1) is 0 Å². The fraction of sp³-hybridized carbons (Fsp3) is 1.00. The number of rotatable bonds is 8. The first kappa shape index (κ1) is 13.9. The molecular formula is C13H27NO2. The van der Waals surface area contributed by atoms with Crippen LogP contribution in [-0.4, -0.2) is 37.5 Å². The Morgan fingerprint density at radius 2 is 2.19 bits per heavy atom. The van der Waals surface area contributed by atoms with Gasteiger partial charge in [-0.25, -0.2) is 0 Å². The molecule has 96 valence electrons. The van der Waals surface area contributed by atoms with Crippen molar-refractivity contribution >= 4 is 0 Å². The monoisotopic (exact) mass is 229 g/mol. The highest BCUT2D eigenvalue weighted by atomic mass is 16.5. The van der Waals surface area contributed by atoms with Gasteiger partial charge in [-0.1, -0.05) is 19.8 Å². The van der Waals surface area contributed by atoms with E-state index in [2.05, 4.69) is 12.2 Å². The van der Waals surface area contributed by atoms with E-state index in [0.717, 1.165) is 45.6 Å². The third kappa shape index (κ3) is 6.46. The van der Waals surface area contributed by atoms with Crippen LogP contribution < -0.4 is 5.32 Å². The van der Waals surface area contributed by atoms with Gasteiger partial charge in [0.2, 0.25) is 0 Å². The van der Waals surface area contributed by atoms with E-state index in [1.165, 1.54) is 19.3 Å². The van der Waals surface area contributed by atoms with Crippen LogP contribution >= 0.6 is 0 Å². The molecule has 0 aromatic heterocycles. The van der Waals surface area contributed by atoms with E-state index < -0.39 is 0 Å². The average Bonchev–Trinajstić information content (AvgIpc) is 2.28. The second-order valence-electron chi connectivity index (χ2n) is 4.86. The maximum atomic E-state index is 9.53. The second-order valence-corrected chi connectivity index (χ2v) is 4.86. The predicted molar refractivity (Wildman–Crippen MR) is 66.6 cm³/mol. The molecule has 1 saturated carbocycles. The molecule has 0 aromatic carbocycles. The summed E-state index contributed by atoms with van der Waals surface area (Å²) in [6.07, 6.45) is 6.73. The van der Waals surface area contributed by atoms with Crippen molar-refractivity contribution in [3.63, 3.8) is 0 Å². The van der Waals surface area contributed by atoms with Gasteiger partial charge in [0.05, 0.1) is 12.7 Å². The summed E-state index contributed by atoms with van der Waals surface area (Å²) in [7, 11) is 0. The summed E-state index contributed by atoms with van der Waals surface area (Å²) in [6, 6.07) is 0. The van der Waals surface area contributed by atoms with Crippen molar-refractivity contribution in [3.8, 4) is 0 Å². The molecule has 1 aliphatic carbocycles. The first-order chi connectivity index (χ1) is 7.83. The van der Waals surface area contributed by atoms with E-state index in [1.54, 1.807) is 0 Å². The molecule has 0 bridgehead atoms. The molecule has 2 N–H and O–H groups in total. The van der Waals surface area contributed by atoms with Crippen LogP contribution in [0.3, 0.4) is 0 Å². The number of ether oxygens (including phenoxy) is 1. The molecule has 0 aromatic rings. The Hall–Kier alpha value is -0.120. The van der Waals surface area contributed by atoms with E-state index >= 15 is 0 Å². The fourth-order valence-electron chi connectivity index (χ4n) is 2.25. The van der Waals surface area contributed by atoms with Gasteiger partial charge in [-0.3, -0.25) is 0 Å². The van der Waals surface area contributed by atoms with Crippen LogP contribution in [0.5, 0.6) is 0 Å². The Morgan fingerprint density at radius 1 is 1.31 bits per heavy atom. The summed E-state index contributed by atoms with van der Waals surface area (Å²) >= 11 is 0. The minimum Gasteiger partial charge on any atom is -0.393 e. The second kappa shape index (κ2) is 8.97. The maximum Gasteiger partial charge on any atom is 0.0590 e. The Morgan fingerprint density at radius 3 is 2.94 bits per heavy atom. The van der Waals surface area contributed by atoms with E-state index in [0.29, 0.717) is 5.92 Å². The number of nitrogens with one attached hydrogen (secondary N) is 1. The summed E-state index contributed by atoms with van der Waals surface area (Å²) in [6.45, 7) is 5.86. The molecule has 0 amide bonds. The lowest BCUT2D eigenvalue weighted by molar-refractivity contribution is 0.0977. The summed E-state index contributed by atoms with van der Waals surface area (Å²) in [5, 5.41) is 12.9. The van der Waals surface area contributed by atoms with Gasteiger partial charge >= 0.3 is 0 Å². The predicted octanol–water partition coefficient (Wildman–Crippen LogP) is 1.94. The van der Waals surface area contributed by atoms with Crippen LogP contribution in [0.25, 0.3) is 0 Å². The zero-order chi connectivity index (χ0) is 11.6. The number of aliphatic hydroxyl groups excluding tert-OH is 1. The molecule has 0 saturated heterocycles. The molecule has 0 heterocycles. The Bertz CT molecular complexity index is 164. The third-order valence-electron chi connectivity index (χ3n) is 3.25. The molecule has 0 aliphatic heterocycles. The molecule has 2 unspecified atom stereocenters. The minimum atomic E-state index is -0.0543. The number of aliphatic hydroxyl groups is 1. The van der Waals surface area contributed by atoms with Crippen LogP contribution in [-0.2, 0) is 4.74 Å². The van der Waals surface area contributed by atoms with Gasteiger partial charge in [0.15, 0.2) is 0 Å². The molecule has 16 heavy (non-hydrogen) atoms. The smallest absolute Gasteiger partial charge is 0.0590 e. The molecule has 0 spiro atoms. The highest BCUT2D eigenvalue weighted by molar-refractivity contribution is 4.73. The lowest BCUT2D eigenvalue weighted by Crippen LogP contribution is -2.31. The normalized spacial score (nSPS) is 25.9. The first-order valence-corrected chi connectivity index (χ1v) is 6.79. The van der Waals surface area contributed by atoms with Gasteiger partial charge < -0.3 is 15.2 Å². The van der Waals surface area contributed by atoms with Crippen LogP contribution in [0.1, 0.15) is 45.4 Å². The van der Waals surface area contributed by atoms with Crippen molar-refractivity contribution in [1.82, 2.24) is 5.32 Å². The molecule has 0 radical (unpaired) electrons. The first-order valence-electron chi connectivity index (χ1n) is 6.79. The zero-order valence-corrected chi connectivity index (χ0v) is 10.6. The highest BCUT2D eigenvalue weighted by Gasteiger charge is 2.19. The topological polar surface area (TPSA) is 41.5 Å². The Labute approximate surface area is 99.6 Å². The van der Waals surface area contributed by atoms with Crippen molar-refractivity contribution in [2.24, 2.45) is 5.92 Å². The fourth-order valence-corrected chi connectivity index (χ4v) is 2.25. The number of hydrogen-bond donors (Lipinski definition) is 2. The molecule has 1 rings (SSSR count).